The van der Waals surface area contributed by atoms with Gasteiger partial charge in [0.25, 0.3) is 0 Å². The van der Waals surface area contributed by atoms with Gasteiger partial charge in [0.1, 0.15) is 0 Å². The van der Waals surface area contributed by atoms with E-state index in [2.05, 4.69) is 62.5 Å². The van der Waals surface area contributed by atoms with E-state index in [1.807, 2.05) is 0 Å². The third kappa shape index (κ3) is 35.0. The van der Waals surface area contributed by atoms with E-state index in [1.54, 1.807) is 0 Å². The maximum atomic E-state index is 2.39. The lowest BCUT2D eigenvalue weighted by atomic mass is 10.0. The van der Waals surface area contributed by atoms with Crippen LogP contribution in [0, 0.1) is 0 Å². The smallest absolute Gasteiger partial charge is 0.0169 e. The Kier molecular flexibility index (Phi) is 35.0. The first-order chi connectivity index (χ1) is 18.9. The van der Waals surface area contributed by atoms with Gasteiger partial charge < -0.3 is 0 Å². The summed E-state index contributed by atoms with van der Waals surface area (Å²) in [4.78, 5) is 0. The van der Waals surface area contributed by atoms with Crippen LogP contribution in [0.3, 0.4) is 0 Å². The summed E-state index contributed by atoms with van der Waals surface area (Å²) < 4.78 is 0. The van der Waals surface area contributed by atoms with Crippen LogP contribution in [0.25, 0.3) is 0 Å². The molecule has 0 saturated heterocycles. The lowest BCUT2D eigenvalue weighted by Gasteiger charge is -2.04. The van der Waals surface area contributed by atoms with Gasteiger partial charge in [-0.1, -0.05) is 197 Å². The topological polar surface area (TPSA) is 0 Å². The highest BCUT2D eigenvalue weighted by atomic mass is 14.0. The van der Waals surface area contributed by atoms with Crippen LogP contribution in [0.4, 0.5) is 0 Å². The quantitative estimate of drug-likeness (QED) is 0.0622. The van der Waals surface area contributed by atoms with Gasteiger partial charge in [0.05, 0.1) is 0 Å². The Morgan fingerprint density at radius 3 is 0.763 bits per heavy atom. The summed E-state index contributed by atoms with van der Waals surface area (Å²) in [5.41, 5.74) is 0. The molecule has 0 heteroatoms. The number of unbranched alkanes of at least 4 members (excludes halogenated alkanes) is 23. The monoisotopic (exact) mass is 527 g/mol. The minimum atomic E-state index is 1.07. The Labute approximate surface area is 241 Å². The third-order valence-corrected chi connectivity index (χ3v) is 7.68. The summed E-state index contributed by atoms with van der Waals surface area (Å²) in [5.74, 6) is 0. The van der Waals surface area contributed by atoms with Crippen LogP contribution in [-0.2, 0) is 0 Å². The highest BCUT2D eigenvalue weighted by molar-refractivity contribution is 4.99. The molecule has 0 unspecified atom stereocenters. The molecule has 38 heavy (non-hydrogen) atoms. The average Bonchev–Trinajstić information content (AvgIpc) is 2.93. The van der Waals surface area contributed by atoms with Crippen molar-refractivity contribution in [2.24, 2.45) is 0 Å². The highest BCUT2D eigenvalue weighted by Gasteiger charge is 1.95. The highest BCUT2D eigenvalue weighted by Crippen LogP contribution is 2.15. The minimum absolute atomic E-state index is 1.07. The van der Waals surface area contributed by atoms with E-state index in [-0.39, 0.29) is 0 Å². The molecular weight excluding hydrogens is 456 g/mol. The molecule has 0 atom stereocenters. The molecule has 0 N–H and O–H groups in total. The molecule has 0 aromatic rings. The summed E-state index contributed by atoms with van der Waals surface area (Å²) in [6, 6.07) is 0. The van der Waals surface area contributed by atoms with Gasteiger partial charge in [-0.05, 0) is 44.9 Å². The van der Waals surface area contributed by atoms with Gasteiger partial charge >= 0.3 is 0 Å². The maximum Gasteiger partial charge on any atom is -0.0169 e. The zero-order valence-corrected chi connectivity index (χ0v) is 26.4. The first kappa shape index (κ1) is 37.0. The zero-order valence-electron chi connectivity index (χ0n) is 26.4. The van der Waals surface area contributed by atoms with Crippen LogP contribution in [0.1, 0.15) is 194 Å². The number of allylic oxidation sites excluding steroid dienone is 8. The van der Waals surface area contributed by atoms with Crippen molar-refractivity contribution in [2.45, 2.75) is 194 Å². The normalized spacial score (nSPS) is 12.4. The predicted octanol–water partition coefficient (Wildman–Crippen LogP) is 14.2. The molecule has 0 aromatic carbocycles. The summed E-state index contributed by atoms with van der Waals surface area (Å²) in [6.07, 6.45) is 57.4. The van der Waals surface area contributed by atoms with Crippen molar-refractivity contribution in [1.29, 1.82) is 0 Å². The Hall–Kier alpha value is -1.04. The molecule has 0 bridgehead atoms. The molecule has 0 aromatic heterocycles. The molecule has 0 amide bonds. The Morgan fingerprint density at radius 1 is 0.237 bits per heavy atom. The van der Waals surface area contributed by atoms with Crippen molar-refractivity contribution >= 4 is 0 Å². The molecule has 0 spiro atoms. The van der Waals surface area contributed by atoms with E-state index in [9.17, 15) is 0 Å². The predicted molar refractivity (Wildman–Crippen MR) is 177 cm³/mol. The molecule has 0 nitrogen and oxygen atoms in total. The van der Waals surface area contributed by atoms with Gasteiger partial charge in [-0.2, -0.15) is 0 Å². The van der Waals surface area contributed by atoms with E-state index in [0.29, 0.717) is 0 Å². The van der Waals surface area contributed by atoms with E-state index >= 15 is 0 Å². The molecule has 0 aliphatic heterocycles. The molecule has 0 aliphatic carbocycles. The van der Waals surface area contributed by atoms with Gasteiger partial charge in [0.2, 0.25) is 0 Å². The molecule has 0 fully saturated rings. The maximum absolute atomic E-state index is 2.39. The number of rotatable bonds is 31. The second-order valence-corrected chi connectivity index (χ2v) is 11.6. The van der Waals surface area contributed by atoms with E-state index in [1.165, 1.54) is 161 Å². The third-order valence-electron chi connectivity index (χ3n) is 7.68. The Balaban J connectivity index is 3.20. The van der Waals surface area contributed by atoms with E-state index in [4.69, 9.17) is 0 Å². The molecule has 0 aliphatic rings. The van der Waals surface area contributed by atoms with Crippen molar-refractivity contribution in [1.82, 2.24) is 0 Å². The second-order valence-electron chi connectivity index (χ2n) is 11.6. The van der Waals surface area contributed by atoms with Crippen LogP contribution in [0.15, 0.2) is 48.6 Å². The molecule has 0 rings (SSSR count). The van der Waals surface area contributed by atoms with Crippen LogP contribution in [0.5, 0.6) is 0 Å². The Bertz CT molecular complexity index is 520. The fourth-order valence-corrected chi connectivity index (χ4v) is 5.08. The number of hydrogen-bond donors (Lipinski definition) is 0. The van der Waals surface area contributed by atoms with Gasteiger partial charge in [-0.25, -0.2) is 0 Å². The lowest BCUT2D eigenvalue weighted by Crippen LogP contribution is -1.84. The average molecular weight is 527 g/mol. The lowest BCUT2D eigenvalue weighted by molar-refractivity contribution is 0.522. The summed E-state index contributed by atoms with van der Waals surface area (Å²) in [6.45, 7) is 4.57. The van der Waals surface area contributed by atoms with Crippen LogP contribution in [0.2, 0.25) is 0 Å². The SMILES string of the molecule is CCCCCC=CCC=CCC=CCC=CCCCCCCCCCCCCCCCCCCCCCC. The zero-order chi connectivity index (χ0) is 27.5. The fourth-order valence-electron chi connectivity index (χ4n) is 5.08. The molecule has 0 saturated carbocycles. The van der Waals surface area contributed by atoms with Crippen molar-refractivity contribution in [3.63, 3.8) is 0 Å². The van der Waals surface area contributed by atoms with Crippen molar-refractivity contribution < 1.29 is 0 Å². The minimum Gasteiger partial charge on any atom is -0.0882 e. The van der Waals surface area contributed by atoms with Crippen molar-refractivity contribution in [3.8, 4) is 0 Å². The number of hydrogen-bond acceptors (Lipinski definition) is 0. The molecule has 222 valence electrons. The van der Waals surface area contributed by atoms with E-state index < -0.39 is 0 Å². The van der Waals surface area contributed by atoms with Gasteiger partial charge in [-0.15, -0.1) is 0 Å². The van der Waals surface area contributed by atoms with Crippen LogP contribution >= 0.6 is 0 Å². The van der Waals surface area contributed by atoms with Crippen molar-refractivity contribution in [3.05, 3.63) is 48.6 Å². The summed E-state index contributed by atoms with van der Waals surface area (Å²) in [5, 5.41) is 0. The van der Waals surface area contributed by atoms with E-state index in [0.717, 1.165) is 19.3 Å². The van der Waals surface area contributed by atoms with Gasteiger partial charge in [0.15, 0.2) is 0 Å². The molecule has 0 radical (unpaired) electrons. The summed E-state index contributed by atoms with van der Waals surface area (Å²) >= 11 is 0. The first-order valence-electron chi connectivity index (χ1n) is 17.5. The Morgan fingerprint density at radius 2 is 0.447 bits per heavy atom. The van der Waals surface area contributed by atoms with Crippen LogP contribution in [-0.4, -0.2) is 0 Å². The largest absolute Gasteiger partial charge is 0.0882 e. The van der Waals surface area contributed by atoms with Crippen LogP contribution < -0.4 is 0 Å². The van der Waals surface area contributed by atoms with Gasteiger partial charge in [0, 0.05) is 0 Å². The standard InChI is InChI=1S/C38H70/c1-3-5-7-9-11-13-15-17-19-21-23-25-27-29-31-33-35-37-38-36-34-32-30-28-26-24-22-20-18-16-14-12-10-8-6-4-2/h11,13,17,19,23,25,29,31H,3-10,12,14-16,18,20-22,24,26-28,30,32-38H2,1-2H3. The molecule has 0 heterocycles. The van der Waals surface area contributed by atoms with Gasteiger partial charge in [-0.3, -0.25) is 0 Å². The molecular formula is C38H70. The second kappa shape index (κ2) is 36.0. The van der Waals surface area contributed by atoms with Crippen molar-refractivity contribution in [2.75, 3.05) is 0 Å². The summed E-state index contributed by atoms with van der Waals surface area (Å²) in [7, 11) is 0. The first-order valence-corrected chi connectivity index (χ1v) is 17.5. The fraction of sp³-hybridized carbons (Fsp3) is 0.789.